The Labute approximate surface area is 291 Å². The Morgan fingerprint density at radius 1 is 1.17 bits per heavy atom. The van der Waals surface area contributed by atoms with E-state index in [1.807, 2.05) is 44.1 Å². The molecule has 0 spiro atoms. The Balaban J connectivity index is 1.22. The van der Waals surface area contributed by atoms with Gasteiger partial charge in [-0.1, -0.05) is 25.4 Å². The van der Waals surface area contributed by atoms with Gasteiger partial charge < -0.3 is 19.1 Å². The third kappa shape index (κ3) is 6.32. The van der Waals surface area contributed by atoms with Crippen molar-refractivity contribution in [1.82, 2.24) is 14.8 Å². The summed E-state index contributed by atoms with van der Waals surface area (Å²) >= 11 is 7.92. The average molecular weight is 691 g/mol. The van der Waals surface area contributed by atoms with Gasteiger partial charge in [-0.05, 0) is 70.7 Å². The molecular formula is C37H43ClN4O5S. The van der Waals surface area contributed by atoms with Gasteiger partial charge in [0.25, 0.3) is 0 Å². The van der Waals surface area contributed by atoms with Crippen LogP contribution in [0.25, 0.3) is 21.3 Å². The van der Waals surface area contributed by atoms with Crippen molar-refractivity contribution in [3.63, 3.8) is 0 Å². The molecule has 1 aliphatic carbocycles. The molecule has 2 atom stereocenters. The topological polar surface area (TPSA) is 93.6 Å². The van der Waals surface area contributed by atoms with E-state index in [2.05, 4.69) is 36.6 Å². The first-order chi connectivity index (χ1) is 22.9. The molecule has 3 aliphatic rings. The molecule has 0 N–H and O–H groups in total. The zero-order valence-corrected chi connectivity index (χ0v) is 30.3. The number of rotatable bonds is 8. The summed E-state index contributed by atoms with van der Waals surface area (Å²) in [5, 5.41) is 2.33. The summed E-state index contributed by atoms with van der Waals surface area (Å²) in [6, 6.07) is 7.48. The second-order valence-corrected chi connectivity index (χ2v) is 15.2. The third-order valence-electron chi connectivity index (χ3n) is 10.2. The number of likely N-dealkylation sites (tertiary alicyclic amines) is 1. The zero-order chi connectivity index (χ0) is 34.4. The number of methoxy groups -OCH3 is 2. The van der Waals surface area contributed by atoms with Crippen molar-refractivity contribution < 1.29 is 23.8 Å². The predicted molar refractivity (Wildman–Crippen MR) is 191 cm³/mol. The van der Waals surface area contributed by atoms with Crippen LogP contribution in [-0.2, 0) is 14.3 Å². The Hall–Kier alpha value is -3.53. The summed E-state index contributed by atoms with van der Waals surface area (Å²) in [6.45, 7) is 13.3. The van der Waals surface area contributed by atoms with Crippen LogP contribution in [-0.4, -0.2) is 84.6 Å². The van der Waals surface area contributed by atoms with Crippen LogP contribution in [0.2, 0.25) is 5.02 Å². The number of aromatic nitrogens is 1. The second-order valence-electron chi connectivity index (χ2n) is 13.9. The number of aliphatic imine (C=N–C) groups is 1. The number of aryl methyl sites for hydroxylation is 1. The first-order valence-electron chi connectivity index (χ1n) is 16.4. The number of pyridine rings is 1. The third-order valence-corrected chi connectivity index (χ3v) is 11.4. The van der Waals surface area contributed by atoms with E-state index in [9.17, 15) is 9.59 Å². The number of allylic oxidation sites excluding steroid dienone is 2. The number of halogens is 1. The van der Waals surface area contributed by atoms with Crippen LogP contribution in [0.3, 0.4) is 0 Å². The van der Waals surface area contributed by atoms with Crippen molar-refractivity contribution in [1.29, 1.82) is 0 Å². The highest BCUT2D eigenvalue weighted by Gasteiger charge is 2.46. The van der Waals surface area contributed by atoms with Crippen molar-refractivity contribution in [2.24, 2.45) is 10.4 Å². The molecule has 11 heteroatoms. The Kier molecular flexibility index (Phi) is 9.59. The first-order valence-corrected chi connectivity index (χ1v) is 17.6. The average Bonchev–Trinajstić information content (AvgIpc) is 3.48. The van der Waals surface area contributed by atoms with Gasteiger partial charge in [0.2, 0.25) is 0 Å². The summed E-state index contributed by atoms with van der Waals surface area (Å²) in [7, 11) is 3.17. The maximum Gasteiger partial charge on any atom is 0.340 e. The van der Waals surface area contributed by atoms with Gasteiger partial charge in [-0.3, -0.25) is 9.88 Å². The largest absolute Gasteiger partial charge is 0.491 e. The summed E-state index contributed by atoms with van der Waals surface area (Å²) in [4.78, 5) is 39.3. The van der Waals surface area contributed by atoms with E-state index in [4.69, 9.17) is 30.8 Å². The maximum absolute atomic E-state index is 12.7. The Morgan fingerprint density at radius 3 is 2.67 bits per heavy atom. The number of carbonyl (C=O) groups excluding carboxylic acids is 2. The van der Waals surface area contributed by atoms with E-state index in [1.165, 1.54) is 18.4 Å². The molecule has 254 valence electrons. The van der Waals surface area contributed by atoms with Crippen LogP contribution in [0.15, 0.2) is 51.6 Å². The highest BCUT2D eigenvalue weighted by Crippen LogP contribution is 2.46. The summed E-state index contributed by atoms with van der Waals surface area (Å²) < 4.78 is 18.1. The molecule has 1 saturated heterocycles. The molecule has 2 unspecified atom stereocenters. The molecule has 1 fully saturated rings. The fourth-order valence-corrected chi connectivity index (χ4v) is 8.78. The molecular weight excluding hydrogens is 648 g/mol. The second kappa shape index (κ2) is 13.4. The quantitative estimate of drug-likeness (QED) is 0.177. The normalized spacial score (nSPS) is 22.8. The van der Waals surface area contributed by atoms with Crippen molar-refractivity contribution in [2.75, 3.05) is 40.5 Å². The maximum atomic E-state index is 12.7. The molecule has 1 aromatic carbocycles. The van der Waals surface area contributed by atoms with E-state index in [-0.39, 0.29) is 23.7 Å². The van der Waals surface area contributed by atoms with Gasteiger partial charge in [0.15, 0.2) is 5.94 Å². The molecule has 6 rings (SSSR count). The Morgan fingerprint density at radius 2 is 1.96 bits per heavy atom. The van der Waals surface area contributed by atoms with Gasteiger partial charge in [-0.25, -0.2) is 14.6 Å². The Bertz CT molecular complexity index is 1880. The lowest BCUT2D eigenvalue weighted by Crippen LogP contribution is -2.58. The zero-order valence-electron chi connectivity index (χ0n) is 28.7. The summed E-state index contributed by atoms with van der Waals surface area (Å²) in [5.74, 6) is 3.26. The number of esters is 1. The van der Waals surface area contributed by atoms with Crippen LogP contribution in [0.4, 0.5) is 0 Å². The number of fused-ring (bicyclic) bond motifs is 1. The van der Waals surface area contributed by atoms with Gasteiger partial charge in [0.1, 0.15) is 23.9 Å². The number of benzene rings is 1. The molecule has 0 amide bonds. The summed E-state index contributed by atoms with van der Waals surface area (Å²) in [6.07, 6.45) is 3.76. The number of hydrogen-bond donors (Lipinski definition) is 0. The lowest BCUT2D eigenvalue weighted by atomic mass is 9.74. The lowest BCUT2D eigenvalue weighted by molar-refractivity contribution is -0.0812. The van der Waals surface area contributed by atoms with E-state index in [1.54, 1.807) is 11.4 Å². The van der Waals surface area contributed by atoms with Crippen LogP contribution in [0.1, 0.15) is 69.4 Å². The van der Waals surface area contributed by atoms with Crippen molar-refractivity contribution in [3.8, 4) is 16.9 Å². The van der Waals surface area contributed by atoms with Gasteiger partial charge in [0, 0.05) is 69.6 Å². The van der Waals surface area contributed by atoms with Gasteiger partial charge in [0.05, 0.1) is 35.5 Å². The number of thiophene rings is 1. The monoisotopic (exact) mass is 690 g/mol. The number of amidine groups is 1. The molecule has 0 bridgehead atoms. The highest BCUT2D eigenvalue weighted by molar-refractivity contribution is 7.18. The number of carbonyl (C=O) groups is 1. The van der Waals surface area contributed by atoms with Crippen molar-refractivity contribution in [3.05, 3.63) is 62.9 Å². The van der Waals surface area contributed by atoms with Crippen molar-refractivity contribution in [2.45, 2.75) is 71.9 Å². The fourth-order valence-electron chi connectivity index (χ4n) is 7.61. The first kappa shape index (κ1) is 34.3. The van der Waals surface area contributed by atoms with E-state index in [0.717, 1.165) is 77.4 Å². The minimum atomic E-state index is -0.429. The standard InChI is InChI=1S/C37H43ClN4O5S/c1-22-16-26(34-33(39-22)28(20-48-34)35(44)46-7)25-17-24(38)8-9-31(25)47-15-14-42-23(2)40-29-10-12-37(5,18-27(29)30(42)19-43)41-13-11-32(45-6)36(3,4)21-41/h8-9,16-17,20,32H,10-15,18,21H2,1-7H3. The van der Waals surface area contributed by atoms with Gasteiger partial charge in [-0.15, -0.1) is 11.3 Å². The minimum absolute atomic E-state index is 0.0348. The molecule has 9 nitrogen and oxygen atoms in total. The lowest BCUT2D eigenvalue weighted by Gasteiger charge is -2.53. The molecule has 0 radical (unpaired) electrons. The molecule has 3 aromatic rings. The van der Waals surface area contributed by atoms with E-state index >= 15 is 0 Å². The van der Waals surface area contributed by atoms with Gasteiger partial charge >= 0.3 is 5.97 Å². The van der Waals surface area contributed by atoms with Crippen molar-refractivity contribution >= 4 is 50.9 Å². The van der Waals surface area contributed by atoms with E-state index < -0.39 is 5.97 Å². The molecule has 0 saturated carbocycles. The van der Waals surface area contributed by atoms with Gasteiger partial charge in [-0.2, -0.15) is 0 Å². The highest BCUT2D eigenvalue weighted by atomic mass is 35.5. The number of nitrogens with zero attached hydrogens (tertiary/aromatic N) is 4. The van der Waals surface area contributed by atoms with E-state index in [0.29, 0.717) is 34.1 Å². The smallest absolute Gasteiger partial charge is 0.340 e. The number of ether oxygens (including phenoxy) is 3. The van der Waals surface area contributed by atoms with Crippen LogP contribution in [0.5, 0.6) is 5.75 Å². The molecule has 48 heavy (non-hydrogen) atoms. The molecule has 2 aromatic heterocycles. The summed E-state index contributed by atoms with van der Waals surface area (Å²) in [5.41, 5.74) is 5.89. The van der Waals surface area contributed by atoms with Crippen LogP contribution < -0.4 is 4.74 Å². The predicted octanol–water partition coefficient (Wildman–Crippen LogP) is 7.48. The SMILES string of the molecule is COC(=O)c1csc2c(-c3cc(Cl)ccc3OCCN3C(=C=O)C4=C(CCC(C)(N5CCC(OC)C(C)(C)C5)C4)N=C3C)cc(C)nc12. The van der Waals surface area contributed by atoms with Crippen LogP contribution >= 0.6 is 22.9 Å². The van der Waals surface area contributed by atoms with Crippen LogP contribution in [0, 0.1) is 12.3 Å². The molecule has 2 aliphatic heterocycles. The fraction of sp³-hybridized carbons (Fsp3) is 0.486. The number of hydrogen-bond acceptors (Lipinski definition) is 10. The molecule has 4 heterocycles. The minimum Gasteiger partial charge on any atom is -0.491 e. The number of piperidine rings is 1.